The molecule has 7 nitrogen and oxygen atoms in total. The highest BCUT2D eigenvalue weighted by atomic mass is 16.6. The molecule has 1 amide bonds. The van der Waals surface area contributed by atoms with Crippen molar-refractivity contribution in [3.63, 3.8) is 0 Å². The largest absolute Gasteiger partial charge is 0.458 e. The SMILES string of the molecule is Cc1ccccc1-c1noc(C2CC2)c1C(=O)O[C@@H]1C[C@@H]2C[C@H]1CN2C(=O)OCc1ccccc1. The first-order chi connectivity index (χ1) is 17.1. The van der Waals surface area contributed by atoms with Crippen LogP contribution in [0.4, 0.5) is 4.79 Å². The Hall–Kier alpha value is -3.61. The monoisotopic (exact) mass is 472 g/mol. The predicted molar refractivity (Wildman–Crippen MR) is 128 cm³/mol. The van der Waals surface area contributed by atoms with Crippen LogP contribution >= 0.6 is 0 Å². The minimum absolute atomic E-state index is 0.0299. The Morgan fingerprint density at radius 1 is 1.06 bits per heavy atom. The van der Waals surface area contributed by atoms with Crippen LogP contribution in [0.15, 0.2) is 59.1 Å². The molecule has 2 bridgehead atoms. The summed E-state index contributed by atoms with van der Waals surface area (Å²) in [5.41, 5.74) is 3.90. The zero-order valence-electron chi connectivity index (χ0n) is 19.7. The minimum atomic E-state index is -0.373. The van der Waals surface area contributed by atoms with Gasteiger partial charge < -0.3 is 18.9 Å². The number of aromatic nitrogens is 1. The molecule has 0 N–H and O–H groups in total. The predicted octanol–water partition coefficient (Wildman–Crippen LogP) is 5.48. The van der Waals surface area contributed by atoms with Gasteiger partial charge in [-0.2, -0.15) is 0 Å². The second-order valence-electron chi connectivity index (χ2n) is 9.88. The normalized spacial score (nSPS) is 22.9. The number of benzene rings is 2. The average Bonchev–Trinajstić information content (AvgIpc) is 3.31. The van der Waals surface area contributed by atoms with Crippen molar-refractivity contribution in [2.45, 2.75) is 57.3 Å². The Morgan fingerprint density at radius 3 is 2.54 bits per heavy atom. The van der Waals surface area contributed by atoms with Gasteiger partial charge >= 0.3 is 12.1 Å². The summed E-state index contributed by atoms with van der Waals surface area (Å²) < 4.78 is 17.2. The van der Waals surface area contributed by atoms with Gasteiger partial charge in [-0.05, 0) is 37.3 Å². The van der Waals surface area contributed by atoms with E-state index < -0.39 is 0 Å². The number of hydrogen-bond acceptors (Lipinski definition) is 6. The number of aryl methyl sites for hydroxylation is 1. The molecule has 0 unspecified atom stereocenters. The van der Waals surface area contributed by atoms with Crippen molar-refractivity contribution in [2.75, 3.05) is 6.54 Å². The molecule has 3 atom stereocenters. The topological polar surface area (TPSA) is 81.9 Å². The molecule has 6 rings (SSSR count). The molecule has 2 aromatic carbocycles. The third-order valence-electron chi connectivity index (χ3n) is 7.45. The molecule has 35 heavy (non-hydrogen) atoms. The molecule has 3 aromatic rings. The van der Waals surface area contributed by atoms with Crippen LogP contribution in [-0.2, 0) is 16.1 Å². The number of piperidine rings is 1. The number of hydrogen-bond donors (Lipinski definition) is 0. The van der Waals surface area contributed by atoms with Crippen molar-refractivity contribution in [3.05, 3.63) is 77.0 Å². The van der Waals surface area contributed by atoms with Gasteiger partial charge in [-0.1, -0.05) is 59.8 Å². The number of ether oxygens (including phenoxy) is 2. The molecular weight excluding hydrogens is 444 g/mol. The van der Waals surface area contributed by atoms with Crippen molar-refractivity contribution in [2.24, 2.45) is 5.92 Å². The van der Waals surface area contributed by atoms with E-state index >= 15 is 0 Å². The Morgan fingerprint density at radius 2 is 1.83 bits per heavy atom. The fourth-order valence-electron chi connectivity index (χ4n) is 5.42. The lowest BCUT2D eigenvalue weighted by molar-refractivity contribution is 0.00584. The van der Waals surface area contributed by atoms with Gasteiger partial charge in [0.2, 0.25) is 0 Å². The maximum atomic E-state index is 13.4. The number of fused-ring (bicyclic) bond motifs is 2. The van der Waals surface area contributed by atoms with E-state index in [1.807, 2.05) is 61.5 Å². The molecule has 2 saturated carbocycles. The van der Waals surface area contributed by atoms with Crippen molar-refractivity contribution >= 4 is 12.1 Å². The third kappa shape index (κ3) is 4.20. The van der Waals surface area contributed by atoms with Crippen LogP contribution in [0.3, 0.4) is 0 Å². The third-order valence-corrected chi connectivity index (χ3v) is 7.45. The van der Waals surface area contributed by atoms with Gasteiger partial charge in [0.05, 0.1) is 0 Å². The molecule has 3 aliphatic rings. The Kier molecular flexibility index (Phi) is 5.55. The number of carbonyl (C=O) groups is 2. The summed E-state index contributed by atoms with van der Waals surface area (Å²) in [6, 6.07) is 17.5. The van der Waals surface area contributed by atoms with E-state index in [1.54, 1.807) is 4.90 Å². The Bertz CT molecular complexity index is 1250. The van der Waals surface area contributed by atoms with Crippen LogP contribution in [-0.4, -0.2) is 40.8 Å². The van der Waals surface area contributed by atoms with E-state index in [0.717, 1.165) is 36.0 Å². The number of rotatable bonds is 6. The molecule has 1 aromatic heterocycles. The number of nitrogens with zero attached hydrogens (tertiary/aromatic N) is 2. The standard InChI is InChI=1S/C28H28N2O5/c1-17-7-5-6-10-22(17)25-24(26(35-29-25)19-11-12-19)27(31)34-23-14-21-13-20(23)15-30(21)28(32)33-16-18-8-3-2-4-9-18/h2-10,19-21,23H,11-16H2,1H3/t20-,21-,23+/m0/s1. The van der Waals surface area contributed by atoms with E-state index in [9.17, 15) is 9.59 Å². The van der Waals surface area contributed by atoms with Crippen molar-refractivity contribution < 1.29 is 23.6 Å². The van der Waals surface area contributed by atoms with E-state index in [2.05, 4.69) is 5.16 Å². The van der Waals surface area contributed by atoms with Crippen LogP contribution in [0.5, 0.6) is 0 Å². The fourth-order valence-corrected chi connectivity index (χ4v) is 5.42. The Balaban J connectivity index is 1.13. The summed E-state index contributed by atoms with van der Waals surface area (Å²) in [5.74, 6) is 0.613. The highest BCUT2D eigenvalue weighted by Crippen LogP contribution is 2.45. The van der Waals surface area contributed by atoms with Crippen LogP contribution < -0.4 is 0 Å². The maximum absolute atomic E-state index is 13.4. The van der Waals surface area contributed by atoms with Gasteiger partial charge in [0.15, 0.2) is 5.76 Å². The lowest BCUT2D eigenvalue weighted by Gasteiger charge is -2.30. The van der Waals surface area contributed by atoms with Gasteiger partial charge in [-0.25, -0.2) is 9.59 Å². The van der Waals surface area contributed by atoms with E-state index in [1.165, 1.54) is 0 Å². The summed E-state index contributed by atoms with van der Waals surface area (Å²) in [6.07, 6.45) is 2.91. The van der Waals surface area contributed by atoms with Gasteiger partial charge in [-0.3, -0.25) is 0 Å². The number of carbonyl (C=O) groups excluding carboxylic acids is 2. The van der Waals surface area contributed by atoms with Crippen LogP contribution in [0.2, 0.25) is 0 Å². The summed E-state index contributed by atoms with van der Waals surface area (Å²) in [6.45, 7) is 2.79. The van der Waals surface area contributed by atoms with Crippen LogP contribution in [0.1, 0.15) is 58.8 Å². The summed E-state index contributed by atoms with van der Waals surface area (Å²) in [4.78, 5) is 27.9. The molecule has 180 valence electrons. The zero-order valence-corrected chi connectivity index (χ0v) is 19.7. The minimum Gasteiger partial charge on any atom is -0.458 e. The first-order valence-electron chi connectivity index (χ1n) is 12.3. The number of esters is 1. The molecule has 2 aliphatic carbocycles. The first-order valence-corrected chi connectivity index (χ1v) is 12.3. The first kappa shape index (κ1) is 21.9. The molecule has 1 saturated heterocycles. The van der Waals surface area contributed by atoms with Crippen LogP contribution in [0.25, 0.3) is 11.3 Å². The lowest BCUT2D eigenvalue weighted by atomic mass is 10.00. The molecule has 1 aliphatic heterocycles. The van der Waals surface area contributed by atoms with Crippen LogP contribution in [0, 0.1) is 12.8 Å². The quantitative estimate of drug-likeness (QED) is 0.442. The van der Waals surface area contributed by atoms with E-state index in [-0.39, 0.29) is 42.7 Å². The Labute approximate surface area is 204 Å². The fraction of sp³-hybridized carbons (Fsp3) is 0.393. The van der Waals surface area contributed by atoms with Gasteiger partial charge in [0.25, 0.3) is 0 Å². The molecule has 7 heteroatoms. The summed E-state index contributed by atoms with van der Waals surface area (Å²) in [7, 11) is 0. The lowest BCUT2D eigenvalue weighted by Crippen LogP contribution is -2.43. The second-order valence-corrected chi connectivity index (χ2v) is 9.88. The highest BCUT2D eigenvalue weighted by Gasteiger charge is 2.49. The highest BCUT2D eigenvalue weighted by molar-refractivity contribution is 5.98. The molecular formula is C28H28N2O5. The molecule has 0 radical (unpaired) electrons. The summed E-state index contributed by atoms with van der Waals surface area (Å²) >= 11 is 0. The molecule has 0 spiro atoms. The van der Waals surface area contributed by atoms with Crippen molar-refractivity contribution in [3.8, 4) is 11.3 Å². The molecule has 2 heterocycles. The van der Waals surface area contributed by atoms with Gasteiger partial charge in [0, 0.05) is 36.4 Å². The summed E-state index contributed by atoms with van der Waals surface area (Å²) in [5, 5.41) is 4.29. The van der Waals surface area contributed by atoms with Gasteiger partial charge in [0.1, 0.15) is 24.0 Å². The van der Waals surface area contributed by atoms with Crippen molar-refractivity contribution in [1.82, 2.24) is 10.1 Å². The maximum Gasteiger partial charge on any atom is 0.410 e. The number of likely N-dealkylation sites (tertiary alicyclic amines) is 1. The van der Waals surface area contributed by atoms with E-state index in [4.69, 9.17) is 14.0 Å². The van der Waals surface area contributed by atoms with Crippen molar-refractivity contribution in [1.29, 1.82) is 0 Å². The zero-order chi connectivity index (χ0) is 23.9. The number of amides is 1. The second kappa shape index (κ2) is 8.87. The van der Waals surface area contributed by atoms with Gasteiger partial charge in [-0.15, -0.1) is 0 Å². The smallest absolute Gasteiger partial charge is 0.410 e. The van der Waals surface area contributed by atoms with E-state index in [0.29, 0.717) is 30.0 Å². The average molecular weight is 473 g/mol. The molecule has 3 fully saturated rings.